The Morgan fingerprint density at radius 3 is 2.77 bits per heavy atom. The second kappa shape index (κ2) is 7.09. The van der Waals surface area contributed by atoms with Crippen molar-refractivity contribution in [1.29, 1.82) is 0 Å². The first kappa shape index (κ1) is 17.1. The third-order valence-electron chi connectivity index (χ3n) is 5.11. The van der Waals surface area contributed by atoms with Crippen LogP contribution in [-0.4, -0.2) is 46.1 Å². The Bertz CT molecular complexity index is 732. The smallest absolute Gasteiger partial charge is 0.280 e. The molecule has 0 radical (unpaired) electrons. The van der Waals surface area contributed by atoms with E-state index in [1.54, 1.807) is 6.20 Å². The van der Waals surface area contributed by atoms with Crippen molar-refractivity contribution in [3.63, 3.8) is 0 Å². The number of rotatable bonds is 5. The number of hydrogen-bond acceptors (Lipinski definition) is 6. The van der Waals surface area contributed by atoms with E-state index in [1.807, 2.05) is 13.1 Å². The van der Waals surface area contributed by atoms with Gasteiger partial charge in [0.25, 0.3) is 6.43 Å². The molecular formula is C18H22F2N6. The highest BCUT2D eigenvalue weighted by Gasteiger charge is 2.30. The Morgan fingerprint density at radius 2 is 2.08 bits per heavy atom. The van der Waals surface area contributed by atoms with Gasteiger partial charge >= 0.3 is 0 Å². The van der Waals surface area contributed by atoms with Crippen LogP contribution in [0.3, 0.4) is 0 Å². The van der Waals surface area contributed by atoms with Crippen LogP contribution in [0.1, 0.15) is 49.5 Å². The zero-order chi connectivity index (χ0) is 18.1. The third kappa shape index (κ3) is 3.59. The van der Waals surface area contributed by atoms with Crippen molar-refractivity contribution in [1.82, 2.24) is 19.9 Å². The van der Waals surface area contributed by atoms with E-state index in [0.717, 1.165) is 44.6 Å². The Morgan fingerprint density at radius 1 is 1.23 bits per heavy atom. The maximum absolute atomic E-state index is 13.3. The summed E-state index contributed by atoms with van der Waals surface area (Å²) in [5, 5.41) is 0. The van der Waals surface area contributed by atoms with Gasteiger partial charge < -0.3 is 9.80 Å². The fourth-order valence-electron chi connectivity index (χ4n) is 3.43. The molecule has 138 valence electrons. The summed E-state index contributed by atoms with van der Waals surface area (Å²) < 4.78 is 26.5. The largest absolute Gasteiger partial charge is 0.355 e. The number of anilines is 2. The highest BCUT2D eigenvalue weighted by Crippen LogP contribution is 2.39. The molecule has 2 aliphatic rings. The van der Waals surface area contributed by atoms with Crippen LogP contribution >= 0.6 is 0 Å². The first-order valence-electron chi connectivity index (χ1n) is 9.02. The van der Waals surface area contributed by atoms with Gasteiger partial charge in [-0.05, 0) is 31.7 Å². The van der Waals surface area contributed by atoms with E-state index >= 15 is 0 Å². The number of hydrogen-bond donors (Lipinski definition) is 0. The summed E-state index contributed by atoms with van der Waals surface area (Å²) >= 11 is 0. The fraction of sp³-hybridized carbons (Fsp3) is 0.556. The van der Waals surface area contributed by atoms with Crippen LogP contribution in [0.15, 0.2) is 24.7 Å². The molecule has 2 aromatic heterocycles. The number of halogens is 2. The van der Waals surface area contributed by atoms with Gasteiger partial charge in [0.15, 0.2) is 0 Å². The quantitative estimate of drug-likeness (QED) is 0.816. The maximum atomic E-state index is 13.3. The van der Waals surface area contributed by atoms with Crippen LogP contribution in [0, 0.1) is 0 Å². The van der Waals surface area contributed by atoms with Gasteiger partial charge in [0.05, 0.1) is 0 Å². The Hall–Kier alpha value is -2.38. The molecule has 0 N–H and O–H groups in total. The van der Waals surface area contributed by atoms with E-state index < -0.39 is 6.43 Å². The molecular weight excluding hydrogens is 338 g/mol. The summed E-state index contributed by atoms with van der Waals surface area (Å²) in [5.41, 5.74) is -0.164. The van der Waals surface area contributed by atoms with Crippen LogP contribution in [0.25, 0.3) is 0 Å². The van der Waals surface area contributed by atoms with Gasteiger partial charge in [-0.2, -0.15) is 0 Å². The van der Waals surface area contributed by atoms with Crippen LogP contribution in [0.5, 0.6) is 0 Å². The van der Waals surface area contributed by atoms with Crippen LogP contribution in [0.4, 0.5) is 20.4 Å². The molecule has 1 aliphatic heterocycles. The summed E-state index contributed by atoms with van der Waals surface area (Å²) in [5.74, 6) is 2.31. The first-order chi connectivity index (χ1) is 12.6. The highest BCUT2D eigenvalue weighted by molar-refractivity contribution is 5.44. The van der Waals surface area contributed by atoms with Crippen molar-refractivity contribution < 1.29 is 8.78 Å². The average Bonchev–Trinajstić information content (AvgIpc) is 3.53. The molecule has 0 bridgehead atoms. The van der Waals surface area contributed by atoms with Crippen LogP contribution in [-0.2, 0) is 0 Å². The second-order valence-electron chi connectivity index (χ2n) is 7.00. The van der Waals surface area contributed by atoms with E-state index in [-0.39, 0.29) is 17.7 Å². The molecule has 1 atom stereocenters. The average molecular weight is 360 g/mol. The van der Waals surface area contributed by atoms with E-state index in [2.05, 4.69) is 29.7 Å². The molecule has 3 heterocycles. The molecule has 4 rings (SSSR count). The van der Waals surface area contributed by atoms with Crippen molar-refractivity contribution in [2.75, 3.05) is 29.9 Å². The zero-order valence-corrected chi connectivity index (χ0v) is 14.7. The summed E-state index contributed by atoms with van der Waals surface area (Å²) in [6.45, 7) is 1.54. The van der Waals surface area contributed by atoms with Gasteiger partial charge in [0, 0.05) is 44.4 Å². The van der Waals surface area contributed by atoms with Crippen molar-refractivity contribution >= 4 is 11.6 Å². The lowest BCUT2D eigenvalue weighted by atomic mass is 10.0. The van der Waals surface area contributed by atoms with Gasteiger partial charge in [0.2, 0.25) is 0 Å². The normalized spacial score (nSPS) is 20.5. The molecule has 2 fully saturated rings. The van der Waals surface area contributed by atoms with Gasteiger partial charge in [-0.1, -0.05) is 0 Å². The summed E-state index contributed by atoms with van der Waals surface area (Å²) in [6.07, 6.45) is 4.68. The monoisotopic (exact) mass is 360 g/mol. The second-order valence-corrected chi connectivity index (χ2v) is 7.00. The lowest BCUT2D eigenvalue weighted by Crippen LogP contribution is -2.47. The predicted molar refractivity (Wildman–Crippen MR) is 94.6 cm³/mol. The molecule has 1 aliphatic carbocycles. The SMILES string of the molecule is CN(c1ccncn1)C1CCCN(c2cc(C(F)F)nc(C3CC3)n2)C1. The molecule has 0 spiro atoms. The molecule has 1 saturated heterocycles. The van der Waals surface area contributed by atoms with E-state index in [0.29, 0.717) is 11.6 Å². The third-order valence-corrected chi connectivity index (χ3v) is 5.11. The lowest BCUT2D eigenvalue weighted by Gasteiger charge is -2.38. The number of nitrogens with zero attached hydrogens (tertiary/aromatic N) is 6. The molecule has 1 saturated carbocycles. The van der Waals surface area contributed by atoms with Gasteiger partial charge in [-0.15, -0.1) is 0 Å². The summed E-state index contributed by atoms with van der Waals surface area (Å²) in [6, 6.07) is 3.57. The minimum Gasteiger partial charge on any atom is -0.355 e. The molecule has 26 heavy (non-hydrogen) atoms. The number of aromatic nitrogens is 4. The van der Waals surface area contributed by atoms with Gasteiger partial charge in [0.1, 0.15) is 29.5 Å². The molecule has 8 heteroatoms. The standard InChI is InChI=1S/C18H22F2N6/c1-25(15-6-7-21-11-22-15)13-3-2-8-26(10-13)16-9-14(17(19)20)23-18(24-16)12-4-5-12/h6-7,9,11-13,17H,2-5,8,10H2,1H3. The molecule has 0 amide bonds. The minimum absolute atomic E-state index is 0.164. The predicted octanol–water partition coefficient (Wildman–Crippen LogP) is 3.19. The minimum atomic E-state index is -2.57. The van der Waals surface area contributed by atoms with Gasteiger partial charge in [-0.25, -0.2) is 28.7 Å². The highest BCUT2D eigenvalue weighted by atomic mass is 19.3. The summed E-state index contributed by atoms with van der Waals surface area (Å²) in [7, 11) is 2.01. The maximum Gasteiger partial charge on any atom is 0.280 e. The van der Waals surface area contributed by atoms with Crippen LogP contribution in [0.2, 0.25) is 0 Å². The number of likely N-dealkylation sites (N-methyl/N-ethyl adjacent to an activating group) is 1. The van der Waals surface area contributed by atoms with Crippen molar-refractivity contribution in [2.24, 2.45) is 0 Å². The number of piperidine rings is 1. The summed E-state index contributed by atoms with van der Waals surface area (Å²) in [4.78, 5) is 21.2. The van der Waals surface area contributed by atoms with Gasteiger partial charge in [-0.3, -0.25) is 0 Å². The Balaban J connectivity index is 1.56. The van der Waals surface area contributed by atoms with Crippen molar-refractivity contribution in [3.8, 4) is 0 Å². The molecule has 6 nitrogen and oxygen atoms in total. The van der Waals surface area contributed by atoms with Crippen LogP contribution < -0.4 is 9.80 Å². The van der Waals surface area contributed by atoms with E-state index in [4.69, 9.17) is 0 Å². The first-order valence-corrected chi connectivity index (χ1v) is 9.02. The fourth-order valence-corrected chi connectivity index (χ4v) is 3.43. The Kier molecular flexibility index (Phi) is 4.65. The number of alkyl halides is 2. The van der Waals surface area contributed by atoms with E-state index in [9.17, 15) is 8.78 Å². The van der Waals surface area contributed by atoms with Crippen molar-refractivity contribution in [2.45, 2.75) is 44.1 Å². The molecule has 0 aromatic carbocycles. The topological polar surface area (TPSA) is 58.0 Å². The van der Waals surface area contributed by atoms with E-state index in [1.165, 1.54) is 12.4 Å². The lowest BCUT2D eigenvalue weighted by molar-refractivity contribution is 0.145. The zero-order valence-electron chi connectivity index (χ0n) is 14.7. The van der Waals surface area contributed by atoms with Crippen molar-refractivity contribution in [3.05, 3.63) is 36.2 Å². The Labute approximate surface area is 151 Å². The molecule has 1 unspecified atom stereocenters. The molecule has 2 aromatic rings.